The van der Waals surface area contributed by atoms with Crippen molar-refractivity contribution in [3.8, 4) is 0 Å². The number of fused-ring (bicyclic) bond motifs is 1. The van der Waals surface area contributed by atoms with Gasteiger partial charge in [-0.1, -0.05) is 6.92 Å². The first-order valence-corrected chi connectivity index (χ1v) is 7.20. The number of hydrogen-bond acceptors (Lipinski definition) is 5. The second-order valence-corrected chi connectivity index (χ2v) is 4.87. The first kappa shape index (κ1) is 15.3. The molecule has 0 aliphatic rings. The maximum atomic E-state index is 12.4. The lowest BCUT2D eigenvalue weighted by molar-refractivity contribution is 0.609. The molecule has 0 unspecified atom stereocenters. The molecular formula is C13H22N6O2. The average Bonchev–Trinajstić information content (AvgIpc) is 2.85. The van der Waals surface area contributed by atoms with Crippen molar-refractivity contribution in [1.29, 1.82) is 0 Å². The van der Waals surface area contributed by atoms with E-state index >= 15 is 0 Å². The molecule has 0 spiro atoms. The van der Waals surface area contributed by atoms with Gasteiger partial charge in [0.15, 0.2) is 11.2 Å². The van der Waals surface area contributed by atoms with Crippen LogP contribution in [0.3, 0.4) is 0 Å². The van der Waals surface area contributed by atoms with Gasteiger partial charge in [0.05, 0.1) is 0 Å². The van der Waals surface area contributed by atoms with Crippen molar-refractivity contribution >= 4 is 17.1 Å². The monoisotopic (exact) mass is 294 g/mol. The van der Waals surface area contributed by atoms with E-state index in [-0.39, 0.29) is 11.2 Å². The van der Waals surface area contributed by atoms with Crippen LogP contribution in [0.4, 0.5) is 5.95 Å². The summed E-state index contributed by atoms with van der Waals surface area (Å²) in [5, 5.41) is 3.10. The van der Waals surface area contributed by atoms with Crippen LogP contribution in [0.1, 0.15) is 20.3 Å². The molecule has 2 rings (SSSR count). The van der Waals surface area contributed by atoms with Gasteiger partial charge in [-0.25, -0.2) is 4.79 Å². The van der Waals surface area contributed by atoms with Crippen molar-refractivity contribution in [2.24, 2.45) is 12.8 Å². The molecule has 3 N–H and O–H groups in total. The van der Waals surface area contributed by atoms with E-state index in [1.807, 2.05) is 13.8 Å². The molecule has 0 atom stereocenters. The zero-order valence-corrected chi connectivity index (χ0v) is 12.7. The predicted molar refractivity (Wildman–Crippen MR) is 82.7 cm³/mol. The third-order valence-corrected chi connectivity index (χ3v) is 3.42. The number of hydrogen-bond donors (Lipinski definition) is 2. The van der Waals surface area contributed by atoms with Crippen molar-refractivity contribution in [3.05, 3.63) is 20.8 Å². The molecule has 0 saturated heterocycles. The third-order valence-electron chi connectivity index (χ3n) is 3.42. The van der Waals surface area contributed by atoms with Crippen LogP contribution < -0.4 is 22.3 Å². The van der Waals surface area contributed by atoms with Crippen molar-refractivity contribution < 1.29 is 0 Å². The van der Waals surface area contributed by atoms with Gasteiger partial charge in [0.2, 0.25) is 5.95 Å². The summed E-state index contributed by atoms with van der Waals surface area (Å²) >= 11 is 0. The maximum absolute atomic E-state index is 12.4. The Hall–Kier alpha value is -2.09. The summed E-state index contributed by atoms with van der Waals surface area (Å²) < 4.78 is 4.48. The Morgan fingerprint density at radius 3 is 2.52 bits per heavy atom. The molecule has 0 aliphatic carbocycles. The van der Waals surface area contributed by atoms with Gasteiger partial charge in [0, 0.05) is 33.2 Å². The highest BCUT2D eigenvalue weighted by Crippen LogP contribution is 2.15. The lowest BCUT2D eigenvalue weighted by Gasteiger charge is -2.08. The Balaban J connectivity index is 2.83. The first-order chi connectivity index (χ1) is 10.1. The molecule has 2 heterocycles. The van der Waals surface area contributed by atoms with E-state index in [2.05, 4.69) is 10.3 Å². The van der Waals surface area contributed by atoms with Crippen LogP contribution in [0, 0.1) is 0 Å². The number of aromatic nitrogens is 4. The lowest BCUT2D eigenvalue weighted by Crippen LogP contribution is -2.38. The van der Waals surface area contributed by atoms with Crippen molar-refractivity contribution in [1.82, 2.24) is 18.7 Å². The summed E-state index contributed by atoms with van der Waals surface area (Å²) in [6.07, 6.45) is 0.789. The standard InChI is InChI=1S/C13H22N6O2/c1-4-8-19-10-9(11(20)17(3)13(19)21)18(5-2)12(16-10)15-7-6-14/h4-8,14H2,1-3H3,(H,15,16). The van der Waals surface area contributed by atoms with Crippen molar-refractivity contribution in [2.75, 3.05) is 18.4 Å². The molecule has 0 aliphatic heterocycles. The number of nitrogens with zero attached hydrogens (tertiary/aromatic N) is 4. The van der Waals surface area contributed by atoms with Crippen LogP contribution in [-0.4, -0.2) is 31.8 Å². The molecule has 0 fully saturated rings. The fourth-order valence-corrected chi connectivity index (χ4v) is 2.41. The number of aryl methyl sites for hydroxylation is 2. The average molecular weight is 294 g/mol. The van der Waals surface area contributed by atoms with Gasteiger partial charge in [0.25, 0.3) is 5.56 Å². The van der Waals surface area contributed by atoms with E-state index in [9.17, 15) is 9.59 Å². The molecule has 2 aromatic heterocycles. The minimum Gasteiger partial charge on any atom is -0.354 e. The van der Waals surface area contributed by atoms with Gasteiger partial charge < -0.3 is 15.6 Å². The zero-order valence-electron chi connectivity index (χ0n) is 12.7. The minimum absolute atomic E-state index is 0.322. The Bertz CT molecular complexity index is 755. The molecular weight excluding hydrogens is 272 g/mol. The Morgan fingerprint density at radius 2 is 1.95 bits per heavy atom. The normalized spacial score (nSPS) is 11.2. The van der Waals surface area contributed by atoms with E-state index in [1.54, 1.807) is 9.13 Å². The highest BCUT2D eigenvalue weighted by molar-refractivity contribution is 5.74. The van der Waals surface area contributed by atoms with E-state index in [4.69, 9.17) is 5.73 Å². The molecule has 0 aromatic carbocycles. The number of imidazole rings is 1. The summed E-state index contributed by atoms with van der Waals surface area (Å²) in [6.45, 7) is 6.05. The topological polar surface area (TPSA) is 99.9 Å². The molecule has 116 valence electrons. The van der Waals surface area contributed by atoms with Crippen molar-refractivity contribution in [2.45, 2.75) is 33.4 Å². The van der Waals surface area contributed by atoms with Gasteiger partial charge >= 0.3 is 5.69 Å². The van der Waals surface area contributed by atoms with Crippen LogP contribution >= 0.6 is 0 Å². The second kappa shape index (κ2) is 6.13. The highest BCUT2D eigenvalue weighted by Gasteiger charge is 2.18. The predicted octanol–water partition coefficient (Wildman–Crippen LogP) is -0.303. The quantitative estimate of drug-likeness (QED) is 0.762. The largest absolute Gasteiger partial charge is 0.354 e. The molecule has 8 nitrogen and oxygen atoms in total. The summed E-state index contributed by atoms with van der Waals surface area (Å²) in [6, 6.07) is 0. The van der Waals surface area contributed by atoms with Gasteiger partial charge in [-0.05, 0) is 13.3 Å². The molecule has 8 heteroatoms. The van der Waals surface area contributed by atoms with E-state index in [0.717, 1.165) is 11.0 Å². The third kappa shape index (κ3) is 2.46. The Labute approximate surface area is 122 Å². The smallest absolute Gasteiger partial charge is 0.332 e. The summed E-state index contributed by atoms with van der Waals surface area (Å²) in [4.78, 5) is 29.1. The fourth-order valence-electron chi connectivity index (χ4n) is 2.41. The minimum atomic E-state index is -0.333. The maximum Gasteiger partial charge on any atom is 0.332 e. The number of rotatable bonds is 6. The first-order valence-electron chi connectivity index (χ1n) is 7.20. The van der Waals surface area contributed by atoms with Gasteiger partial charge in [-0.3, -0.25) is 13.9 Å². The fraction of sp³-hybridized carbons (Fsp3) is 0.615. The van der Waals surface area contributed by atoms with Gasteiger partial charge in [-0.15, -0.1) is 0 Å². The van der Waals surface area contributed by atoms with Crippen LogP contribution in [0.15, 0.2) is 9.59 Å². The van der Waals surface area contributed by atoms with E-state index in [0.29, 0.717) is 43.3 Å². The number of anilines is 1. The summed E-state index contributed by atoms with van der Waals surface area (Å²) in [5.74, 6) is 0.575. The van der Waals surface area contributed by atoms with Gasteiger partial charge in [0.1, 0.15) is 0 Å². The van der Waals surface area contributed by atoms with Crippen LogP contribution in [0.25, 0.3) is 11.2 Å². The summed E-state index contributed by atoms with van der Waals surface area (Å²) in [5.41, 5.74) is 5.73. The van der Waals surface area contributed by atoms with E-state index in [1.165, 1.54) is 7.05 Å². The van der Waals surface area contributed by atoms with Crippen LogP contribution in [0.2, 0.25) is 0 Å². The van der Waals surface area contributed by atoms with Crippen LogP contribution in [-0.2, 0) is 20.1 Å². The molecule has 0 bridgehead atoms. The molecule has 0 saturated carbocycles. The molecule has 2 aromatic rings. The van der Waals surface area contributed by atoms with Crippen LogP contribution in [0.5, 0.6) is 0 Å². The number of nitrogens with two attached hydrogens (primary N) is 1. The molecule has 21 heavy (non-hydrogen) atoms. The molecule has 0 amide bonds. The lowest BCUT2D eigenvalue weighted by atomic mass is 10.4. The Kier molecular flexibility index (Phi) is 4.46. The Morgan fingerprint density at radius 1 is 1.24 bits per heavy atom. The zero-order chi connectivity index (χ0) is 15.6. The highest BCUT2D eigenvalue weighted by atomic mass is 16.2. The molecule has 0 radical (unpaired) electrons. The number of nitrogens with one attached hydrogen (secondary N) is 1. The summed E-state index contributed by atoms with van der Waals surface area (Å²) in [7, 11) is 1.50. The van der Waals surface area contributed by atoms with E-state index < -0.39 is 0 Å². The van der Waals surface area contributed by atoms with Crippen molar-refractivity contribution in [3.63, 3.8) is 0 Å². The second-order valence-electron chi connectivity index (χ2n) is 4.87. The van der Waals surface area contributed by atoms with Gasteiger partial charge in [-0.2, -0.15) is 4.98 Å². The SMILES string of the molecule is CCCn1c(=O)n(C)c(=O)c2c1nc(NCCN)n2CC.